The summed E-state index contributed by atoms with van der Waals surface area (Å²) < 4.78 is 0. The van der Waals surface area contributed by atoms with E-state index in [1.165, 1.54) is 12.8 Å². The van der Waals surface area contributed by atoms with Gasteiger partial charge in [0.25, 0.3) is 0 Å². The summed E-state index contributed by atoms with van der Waals surface area (Å²) in [5.41, 5.74) is -1.06. The first-order valence-corrected chi connectivity index (χ1v) is 11.6. The number of hydrogen-bond donors (Lipinski definition) is 4. The summed E-state index contributed by atoms with van der Waals surface area (Å²) >= 11 is 0. The van der Waals surface area contributed by atoms with Crippen LogP contribution in [0.5, 0.6) is 0 Å². The first-order chi connectivity index (χ1) is 13.6. The number of fused-ring (bicyclic) bond motifs is 5. The number of carbonyl (C=O) groups is 1. The summed E-state index contributed by atoms with van der Waals surface area (Å²) in [4.78, 5) is 13.1. The van der Waals surface area contributed by atoms with Gasteiger partial charge in [0.15, 0.2) is 5.78 Å². The van der Waals surface area contributed by atoms with Crippen LogP contribution in [0.15, 0.2) is 11.6 Å². The highest BCUT2D eigenvalue weighted by Crippen LogP contribution is 2.67. The molecule has 5 aliphatic carbocycles. The Kier molecular flexibility index (Phi) is 4.44. The molecule has 5 rings (SSSR count). The predicted octanol–water partition coefficient (Wildman–Crippen LogP) is 2.35. The third-order valence-electron chi connectivity index (χ3n) is 9.93. The van der Waals surface area contributed by atoms with Crippen LogP contribution in [0.4, 0.5) is 0 Å². The number of ketones is 1. The highest BCUT2D eigenvalue weighted by Gasteiger charge is 2.67. The van der Waals surface area contributed by atoms with Gasteiger partial charge >= 0.3 is 0 Å². The Morgan fingerprint density at radius 3 is 2.48 bits per heavy atom. The maximum atomic E-state index is 13.1. The fourth-order valence-corrected chi connectivity index (χ4v) is 7.89. The second kappa shape index (κ2) is 6.38. The molecule has 2 unspecified atom stereocenters. The van der Waals surface area contributed by atoms with Crippen molar-refractivity contribution < 1.29 is 25.2 Å². The predicted molar refractivity (Wildman–Crippen MR) is 108 cm³/mol. The molecule has 29 heavy (non-hydrogen) atoms. The van der Waals surface area contributed by atoms with Gasteiger partial charge < -0.3 is 20.4 Å². The second-order valence-corrected chi connectivity index (χ2v) is 11.4. The minimum atomic E-state index is -1.06. The van der Waals surface area contributed by atoms with E-state index in [1.54, 1.807) is 6.08 Å². The minimum Gasteiger partial charge on any atom is -0.393 e. The first-order valence-electron chi connectivity index (χ1n) is 11.6. The first kappa shape index (κ1) is 20.2. The number of carbonyl (C=O) groups excluding carboxylic acids is 1. The average molecular weight is 405 g/mol. The van der Waals surface area contributed by atoms with Crippen LogP contribution >= 0.6 is 0 Å². The van der Waals surface area contributed by atoms with Gasteiger partial charge in [-0.05, 0) is 79.8 Å². The molecule has 0 bridgehead atoms. The van der Waals surface area contributed by atoms with E-state index >= 15 is 0 Å². The molecule has 0 heterocycles. The van der Waals surface area contributed by atoms with Crippen LogP contribution < -0.4 is 0 Å². The zero-order valence-electron chi connectivity index (χ0n) is 17.7. The van der Waals surface area contributed by atoms with Crippen LogP contribution in [-0.2, 0) is 4.79 Å². The van der Waals surface area contributed by atoms with Gasteiger partial charge in [-0.2, -0.15) is 0 Å². The lowest BCUT2D eigenvalue weighted by atomic mass is 9.46. The van der Waals surface area contributed by atoms with Crippen LogP contribution in [0.25, 0.3) is 0 Å². The molecule has 0 amide bonds. The SMILES string of the molecule is C[C@]12C[C@H](O)[C@H](O)C[C@H]1C(=O)C=C1C2CC[C@]2(C)[C@@H](C(O)CC3CC3)CC[C@@]12O. The van der Waals surface area contributed by atoms with Gasteiger partial charge in [0.2, 0.25) is 0 Å². The molecule has 4 N–H and O–H groups in total. The summed E-state index contributed by atoms with van der Waals surface area (Å²) in [7, 11) is 0. The van der Waals surface area contributed by atoms with E-state index in [9.17, 15) is 25.2 Å². The number of hydrogen-bond acceptors (Lipinski definition) is 5. The molecule has 0 aromatic heterocycles. The lowest BCUT2D eigenvalue weighted by Crippen LogP contribution is -2.61. The third-order valence-corrected chi connectivity index (χ3v) is 9.93. The lowest BCUT2D eigenvalue weighted by molar-refractivity contribution is -0.155. The van der Waals surface area contributed by atoms with Gasteiger partial charge in [-0.15, -0.1) is 0 Å². The van der Waals surface area contributed by atoms with Gasteiger partial charge in [0, 0.05) is 11.3 Å². The highest BCUT2D eigenvalue weighted by atomic mass is 16.3. The molecule has 0 radical (unpaired) electrons. The zero-order chi connectivity index (χ0) is 20.8. The molecule has 4 saturated carbocycles. The fourth-order valence-electron chi connectivity index (χ4n) is 7.89. The van der Waals surface area contributed by atoms with Crippen molar-refractivity contribution in [2.24, 2.45) is 34.5 Å². The van der Waals surface area contributed by atoms with Crippen LogP contribution in [0, 0.1) is 34.5 Å². The molecule has 4 fully saturated rings. The normalized spacial score (nSPS) is 53.0. The van der Waals surface area contributed by atoms with Crippen LogP contribution in [0.2, 0.25) is 0 Å². The number of allylic oxidation sites excluding steroid dienone is 1. The quantitative estimate of drug-likeness (QED) is 0.579. The summed E-state index contributed by atoms with van der Waals surface area (Å²) in [6.45, 7) is 4.19. The Hall–Kier alpha value is -0.750. The zero-order valence-corrected chi connectivity index (χ0v) is 17.7. The summed E-state index contributed by atoms with van der Waals surface area (Å²) in [6, 6.07) is 0. The van der Waals surface area contributed by atoms with E-state index < -0.39 is 28.6 Å². The Morgan fingerprint density at radius 1 is 1.07 bits per heavy atom. The molecule has 162 valence electrons. The summed E-state index contributed by atoms with van der Waals surface area (Å²) in [5, 5.41) is 43.5. The highest BCUT2D eigenvalue weighted by molar-refractivity contribution is 5.95. The Morgan fingerprint density at radius 2 is 1.79 bits per heavy atom. The molecular weight excluding hydrogens is 368 g/mol. The van der Waals surface area contributed by atoms with Crippen molar-refractivity contribution >= 4 is 5.78 Å². The van der Waals surface area contributed by atoms with E-state index in [0.717, 1.165) is 31.3 Å². The van der Waals surface area contributed by atoms with Gasteiger partial charge in [-0.1, -0.05) is 26.7 Å². The van der Waals surface area contributed by atoms with Gasteiger partial charge in [-0.3, -0.25) is 4.79 Å². The standard InChI is InChI=1S/C24H36O5/c1-22-12-21(28)20(27)11-17(22)19(26)10-16-14(22)5-7-23(2)15(6-8-24(16,23)29)18(25)9-13-3-4-13/h10,13-15,17-18,20-21,25,27-29H,3-9,11-12H2,1-2H3/t14?,15-,17+,18?,20-,21+,22-,23-,24-/m1/s1. The van der Waals surface area contributed by atoms with Gasteiger partial charge in [0.05, 0.1) is 23.9 Å². The molecule has 5 aliphatic rings. The van der Waals surface area contributed by atoms with Crippen molar-refractivity contribution in [2.75, 3.05) is 0 Å². The second-order valence-electron chi connectivity index (χ2n) is 11.4. The van der Waals surface area contributed by atoms with Crippen molar-refractivity contribution in [2.45, 2.75) is 95.5 Å². The Balaban J connectivity index is 1.50. The molecule has 5 heteroatoms. The fraction of sp³-hybridized carbons (Fsp3) is 0.875. The maximum absolute atomic E-state index is 13.1. The van der Waals surface area contributed by atoms with Crippen molar-refractivity contribution in [3.63, 3.8) is 0 Å². The molecule has 0 spiro atoms. The summed E-state index contributed by atoms with van der Waals surface area (Å²) in [6.07, 6.45) is 6.67. The molecule has 0 aliphatic heterocycles. The minimum absolute atomic E-state index is 0.00986. The molecule has 0 aromatic rings. The van der Waals surface area contributed by atoms with Crippen molar-refractivity contribution in [1.82, 2.24) is 0 Å². The van der Waals surface area contributed by atoms with Gasteiger partial charge in [0.1, 0.15) is 0 Å². The largest absolute Gasteiger partial charge is 0.393 e. The average Bonchev–Trinajstić information content (AvgIpc) is 3.40. The van der Waals surface area contributed by atoms with Crippen LogP contribution in [-0.4, -0.2) is 50.1 Å². The molecule has 0 aromatic carbocycles. The number of aliphatic hydroxyl groups excluding tert-OH is 3. The summed E-state index contributed by atoms with van der Waals surface area (Å²) in [5.74, 6) is 0.452. The van der Waals surface area contributed by atoms with Crippen LogP contribution in [0.3, 0.4) is 0 Å². The van der Waals surface area contributed by atoms with E-state index in [2.05, 4.69) is 13.8 Å². The number of aliphatic hydroxyl groups is 4. The van der Waals surface area contributed by atoms with Crippen LogP contribution in [0.1, 0.15) is 71.6 Å². The molecule has 0 saturated heterocycles. The topological polar surface area (TPSA) is 98.0 Å². The van der Waals surface area contributed by atoms with Crippen molar-refractivity contribution in [3.8, 4) is 0 Å². The molecule has 5 nitrogen and oxygen atoms in total. The van der Waals surface area contributed by atoms with Crippen molar-refractivity contribution in [1.29, 1.82) is 0 Å². The van der Waals surface area contributed by atoms with E-state index in [0.29, 0.717) is 25.2 Å². The van der Waals surface area contributed by atoms with Gasteiger partial charge in [-0.25, -0.2) is 0 Å². The smallest absolute Gasteiger partial charge is 0.159 e. The van der Waals surface area contributed by atoms with E-state index in [4.69, 9.17) is 0 Å². The Bertz CT molecular complexity index is 744. The molecule has 9 atom stereocenters. The van der Waals surface area contributed by atoms with Crippen molar-refractivity contribution in [3.05, 3.63) is 11.6 Å². The molecular formula is C24H36O5. The third kappa shape index (κ3) is 2.70. The number of rotatable bonds is 3. The van der Waals surface area contributed by atoms with E-state index in [1.807, 2.05) is 0 Å². The van der Waals surface area contributed by atoms with E-state index in [-0.39, 0.29) is 29.6 Å². The monoisotopic (exact) mass is 404 g/mol. The maximum Gasteiger partial charge on any atom is 0.159 e. The lowest BCUT2D eigenvalue weighted by Gasteiger charge is -2.60. The Labute approximate surface area is 173 Å².